The zero-order valence-corrected chi connectivity index (χ0v) is 12.5. The Labute approximate surface area is 127 Å². The lowest BCUT2D eigenvalue weighted by Crippen LogP contribution is -2.41. The molecular formula is C15H17ClF3NO. The molecule has 1 atom stereocenters. The van der Waals surface area contributed by atoms with Crippen molar-refractivity contribution < 1.29 is 18.3 Å². The van der Waals surface area contributed by atoms with E-state index in [2.05, 4.69) is 5.92 Å². The van der Waals surface area contributed by atoms with Crippen LogP contribution in [0.15, 0.2) is 18.2 Å². The Hall–Kier alpha value is -1.38. The van der Waals surface area contributed by atoms with Crippen molar-refractivity contribution in [3.05, 3.63) is 28.8 Å². The van der Waals surface area contributed by atoms with E-state index in [1.807, 2.05) is 19.8 Å². The van der Waals surface area contributed by atoms with Crippen molar-refractivity contribution in [1.82, 2.24) is 0 Å². The van der Waals surface area contributed by atoms with Crippen LogP contribution in [-0.2, 0) is 5.60 Å². The fourth-order valence-corrected chi connectivity index (χ4v) is 1.74. The molecule has 116 valence electrons. The van der Waals surface area contributed by atoms with Crippen LogP contribution in [0, 0.1) is 17.8 Å². The molecule has 1 fully saturated rings. The van der Waals surface area contributed by atoms with Crippen LogP contribution in [-0.4, -0.2) is 11.3 Å². The molecule has 0 saturated heterocycles. The maximum atomic E-state index is 13.1. The largest absolute Gasteiger partial charge is 0.433 e. The molecule has 2 rings (SSSR count). The number of aliphatic hydroxyl groups is 1. The molecule has 2 nitrogen and oxygen atoms in total. The lowest BCUT2D eigenvalue weighted by molar-refractivity contribution is -0.240. The molecule has 0 spiro atoms. The van der Waals surface area contributed by atoms with Gasteiger partial charge in [0.1, 0.15) is 0 Å². The summed E-state index contributed by atoms with van der Waals surface area (Å²) < 4.78 is 39.4. The topological polar surface area (TPSA) is 46.2 Å². The fraction of sp³-hybridized carbons (Fsp3) is 0.467. The van der Waals surface area contributed by atoms with E-state index in [-0.39, 0.29) is 16.6 Å². The monoisotopic (exact) mass is 319 g/mol. The number of anilines is 1. The number of rotatable bonds is 1. The van der Waals surface area contributed by atoms with Crippen molar-refractivity contribution in [3.8, 4) is 11.8 Å². The summed E-state index contributed by atoms with van der Waals surface area (Å²) in [5, 5.41) is 10.0. The minimum atomic E-state index is -4.95. The van der Waals surface area contributed by atoms with Crippen LogP contribution < -0.4 is 5.73 Å². The SMILES string of the molecule is CC.Nc1ccc(Cl)cc1[C@@](O)(C#CC1CC1)C(F)(F)F. The van der Waals surface area contributed by atoms with E-state index in [0.29, 0.717) is 0 Å². The molecule has 0 aromatic heterocycles. The van der Waals surface area contributed by atoms with Crippen LogP contribution in [0.3, 0.4) is 0 Å². The molecule has 0 bridgehead atoms. The third-order valence-electron chi connectivity index (χ3n) is 2.85. The first kappa shape index (κ1) is 17.7. The van der Waals surface area contributed by atoms with Crippen LogP contribution in [0.4, 0.5) is 18.9 Å². The second-order valence-corrected chi connectivity index (χ2v) is 4.92. The third-order valence-corrected chi connectivity index (χ3v) is 3.09. The zero-order valence-electron chi connectivity index (χ0n) is 11.8. The van der Waals surface area contributed by atoms with E-state index in [1.54, 1.807) is 0 Å². The molecule has 0 aliphatic heterocycles. The van der Waals surface area contributed by atoms with Gasteiger partial charge < -0.3 is 10.8 Å². The standard InChI is InChI=1S/C13H11ClF3NO.C2H6/c14-9-3-4-11(18)10(7-9)12(19,13(15,16)17)6-5-8-1-2-8;1-2/h3-4,7-8,19H,1-2,18H2;1-2H3/t12-;/m0./s1. The molecule has 0 amide bonds. The molecule has 1 aromatic carbocycles. The summed E-state index contributed by atoms with van der Waals surface area (Å²) >= 11 is 5.67. The smallest absolute Gasteiger partial charge is 0.398 e. The second-order valence-electron chi connectivity index (χ2n) is 4.48. The Bertz CT molecular complexity index is 558. The fourth-order valence-electron chi connectivity index (χ4n) is 1.57. The number of alkyl halides is 3. The summed E-state index contributed by atoms with van der Waals surface area (Å²) in [6.45, 7) is 4.00. The van der Waals surface area contributed by atoms with Crippen LogP contribution in [0.2, 0.25) is 5.02 Å². The van der Waals surface area contributed by atoms with Gasteiger partial charge in [-0.2, -0.15) is 13.2 Å². The predicted molar refractivity (Wildman–Crippen MR) is 77.7 cm³/mol. The lowest BCUT2D eigenvalue weighted by Gasteiger charge is -2.27. The Kier molecular flexibility index (Phi) is 5.54. The van der Waals surface area contributed by atoms with Crippen molar-refractivity contribution in [3.63, 3.8) is 0 Å². The predicted octanol–water partition coefficient (Wildman–Crippen LogP) is 4.11. The highest BCUT2D eigenvalue weighted by atomic mass is 35.5. The summed E-state index contributed by atoms with van der Waals surface area (Å²) in [6, 6.07) is 3.56. The average molecular weight is 320 g/mol. The number of benzene rings is 1. The van der Waals surface area contributed by atoms with Crippen LogP contribution in [0.5, 0.6) is 0 Å². The minimum Gasteiger partial charge on any atom is -0.398 e. The minimum absolute atomic E-state index is 0.0556. The van der Waals surface area contributed by atoms with Crippen LogP contribution >= 0.6 is 11.6 Å². The number of hydrogen-bond acceptors (Lipinski definition) is 2. The van der Waals surface area contributed by atoms with Gasteiger partial charge in [-0.15, -0.1) is 0 Å². The molecule has 3 N–H and O–H groups in total. The molecule has 0 radical (unpaired) electrons. The highest BCUT2D eigenvalue weighted by Crippen LogP contribution is 2.42. The van der Waals surface area contributed by atoms with E-state index in [1.165, 1.54) is 12.1 Å². The van der Waals surface area contributed by atoms with Gasteiger partial charge in [-0.3, -0.25) is 0 Å². The summed E-state index contributed by atoms with van der Waals surface area (Å²) in [5.41, 5.74) is 1.49. The first-order valence-corrected chi connectivity index (χ1v) is 6.99. The van der Waals surface area contributed by atoms with Crippen LogP contribution in [0.25, 0.3) is 0 Å². The van der Waals surface area contributed by atoms with Crippen molar-refractivity contribution in [2.75, 3.05) is 5.73 Å². The summed E-state index contributed by atoms with van der Waals surface area (Å²) in [4.78, 5) is 0. The average Bonchev–Trinajstić information content (AvgIpc) is 3.24. The summed E-state index contributed by atoms with van der Waals surface area (Å²) in [6.07, 6.45) is -3.44. The molecule has 1 aromatic rings. The van der Waals surface area contributed by atoms with E-state index >= 15 is 0 Å². The van der Waals surface area contributed by atoms with Crippen LogP contribution in [0.1, 0.15) is 32.3 Å². The molecule has 0 unspecified atom stereocenters. The van der Waals surface area contributed by atoms with Gasteiger partial charge in [0.25, 0.3) is 0 Å². The normalized spacial score (nSPS) is 16.9. The van der Waals surface area contributed by atoms with Crippen molar-refractivity contribution in [2.24, 2.45) is 5.92 Å². The van der Waals surface area contributed by atoms with Crippen molar-refractivity contribution in [2.45, 2.75) is 38.5 Å². The number of hydrogen-bond donors (Lipinski definition) is 2. The van der Waals surface area contributed by atoms with Crippen molar-refractivity contribution >= 4 is 17.3 Å². The maximum Gasteiger partial charge on any atom is 0.433 e. The number of nitrogen functional groups attached to an aromatic ring is 1. The summed E-state index contributed by atoms with van der Waals surface area (Å²) in [5.74, 6) is 4.28. The van der Waals surface area contributed by atoms with Gasteiger partial charge in [0.05, 0.1) is 0 Å². The molecule has 21 heavy (non-hydrogen) atoms. The van der Waals surface area contributed by atoms with E-state index in [9.17, 15) is 18.3 Å². The Balaban J connectivity index is 0.00000106. The first-order valence-electron chi connectivity index (χ1n) is 6.61. The van der Waals surface area contributed by atoms with Gasteiger partial charge in [0, 0.05) is 22.2 Å². The highest BCUT2D eigenvalue weighted by Gasteiger charge is 2.55. The Morgan fingerprint density at radius 1 is 1.29 bits per heavy atom. The van der Waals surface area contributed by atoms with Gasteiger partial charge in [-0.1, -0.05) is 37.3 Å². The molecule has 1 aliphatic rings. The number of nitrogens with two attached hydrogens (primary N) is 1. The molecule has 6 heteroatoms. The maximum absolute atomic E-state index is 13.1. The molecule has 0 heterocycles. The highest BCUT2D eigenvalue weighted by molar-refractivity contribution is 6.30. The van der Waals surface area contributed by atoms with Gasteiger partial charge in [0.15, 0.2) is 0 Å². The van der Waals surface area contributed by atoms with E-state index < -0.39 is 17.3 Å². The molecule has 1 aliphatic carbocycles. The van der Waals surface area contributed by atoms with Crippen molar-refractivity contribution in [1.29, 1.82) is 0 Å². The van der Waals surface area contributed by atoms with E-state index in [4.69, 9.17) is 17.3 Å². The molecule has 1 saturated carbocycles. The number of halogens is 4. The zero-order chi connectivity index (χ0) is 16.3. The molecular weight excluding hydrogens is 303 g/mol. The Morgan fingerprint density at radius 3 is 2.33 bits per heavy atom. The van der Waals surface area contributed by atoms with Gasteiger partial charge in [0.2, 0.25) is 5.60 Å². The quantitative estimate of drug-likeness (QED) is 0.604. The van der Waals surface area contributed by atoms with Gasteiger partial charge in [-0.05, 0) is 31.0 Å². The summed E-state index contributed by atoms with van der Waals surface area (Å²) in [7, 11) is 0. The third kappa shape index (κ3) is 4.05. The van der Waals surface area contributed by atoms with Gasteiger partial charge in [-0.25, -0.2) is 0 Å². The van der Waals surface area contributed by atoms with Gasteiger partial charge >= 0.3 is 6.18 Å². The lowest BCUT2D eigenvalue weighted by atomic mass is 9.92. The second kappa shape index (κ2) is 6.59. The Morgan fingerprint density at radius 2 is 1.86 bits per heavy atom. The van der Waals surface area contributed by atoms with E-state index in [0.717, 1.165) is 18.9 Å². The first-order chi connectivity index (χ1) is 9.74.